The molecule has 3 N–H and O–H groups in total. The van der Waals surface area contributed by atoms with Gasteiger partial charge in [0.2, 0.25) is 5.91 Å². The number of nitrogens with zero attached hydrogens (tertiary/aromatic N) is 3. The van der Waals surface area contributed by atoms with Gasteiger partial charge in [-0.2, -0.15) is 0 Å². The molecule has 1 amide bonds. The van der Waals surface area contributed by atoms with Crippen LogP contribution in [-0.2, 0) is 19.0 Å². The number of rotatable bonds is 29. The second kappa shape index (κ2) is 43.8. The number of amides is 1. The molecule has 1 aliphatic heterocycles. The predicted molar refractivity (Wildman–Crippen MR) is 325 cm³/mol. The molecule has 10 heteroatoms. The van der Waals surface area contributed by atoms with Crippen molar-refractivity contribution in [3.8, 4) is 143 Å². The number of aliphatic hydroxyl groups excluding tert-OH is 2. The van der Waals surface area contributed by atoms with Gasteiger partial charge in [-0.15, -0.1) is 6.42 Å². The zero-order valence-corrected chi connectivity index (χ0v) is 41.1. The second-order valence-corrected chi connectivity index (χ2v) is 16.4. The van der Waals surface area contributed by atoms with E-state index < -0.39 is 30.4 Å². The van der Waals surface area contributed by atoms with Crippen LogP contribution in [0.25, 0.3) is 10.4 Å². The van der Waals surface area contributed by atoms with Crippen LogP contribution in [0.3, 0.4) is 0 Å². The first-order valence-corrected chi connectivity index (χ1v) is 24.2. The number of ether oxygens (including phenoxy) is 3. The number of carbonyl (C=O) groups excluding carboxylic acids is 1. The van der Waals surface area contributed by atoms with Crippen molar-refractivity contribution in [2.24, 2.45) is 22.9 Å². The van der Waals surface area contributed by atoms with E-state index in [1.165, 1.54) is 57.8 Å². The molecule has 0 aliphatic carbocycles. The van der Waals surface area contributed by atoms with E-state index in [9.17, 15) is 15.0 Å². The maximum Gasteiger partial charge on any atom is 0.232 e. The van der Waals surface area contributed by atoms with Crippen LogP contribution >= 0.6 is 0 Å². The van der Waals surface area contributed by atoms with E-state index in [1.807, 2.05) is 0 Å². The molecule has 1 heterocycles. The van der Waals surface area contributed by atoms with Crippen molar-refractivity contribution < 1.29 is 63.5 Å². The molecule has 0 aromatic heterocycles. The van der Waals surface area contributed by atoms with E-state index >= 15 is 0 Å². The molecule has 1 saturated heterocycles. The lowest BCUT2D eigenvalue weighted by Gasteiger charge is -2.43. The molecular weight excluding hydrogens is 861 g/mol. The number of carbonyl (C=O) groups is 1. The molecule has 0 bridgehead atoms. The van der Waals surface area contributed by atoms with E-state index in [-0.39, 0.29) is 71.1 Å². The van der Waals surface area contributed by atoms with Crippen LogP contribution in [0.1, 0.15) is 178 Å². The molecule has 1 aliphatic rings. The smallest absolute Gasteiger partial charge is 0.232 e. The van der Waals surface area contributed by atoms with Gasteiger partial charge in [0.1, 0.15) is 6.10 Å². The summed E-state index contributed by atoms with van der Waals surface area (Å²) in [4.78, 5) is 15.9. The van der Waals surface area contributed by atoms with Gasteiger partial charge in [-0.3, -0.25) is 4.79 Å². The van der Waals surface area contributed by atoms with Gasteiger partial charge in [-0.05, 0) is 131 Å². The lowest BCUT2D eigenvalue weighted by Crippen LogP contribution is -2.53. The van der Waals surface area contributed by atoms with Gasteiger partial charge in [0, 0.05) is 93.7 Å². The Hall–Kier alpha value is -6.70. The van der Waals surface area contributed by atoms with Crippen molar-refractivity contribution in [2.75, 3.05) is 26.4 Å². The third kappa shape index (κ3) is 33.4. The molecule has 8 atom stereocenters. The highest BCUT2D eigenvalue weighted by Crippen LogP contribution is 2.36. The van der Waals surface area contributed by atoms with E-state index in [4.69, 9.17) is 26.2 Å². The highest BCUT2D eigenvalue weighted by atomic mass is 16.7. The first kappa shape index (κ1) is 60.3. The highest BCUT2D eigenvalue weighted by molar-refractivity contribution is 5.79. The summed E-state index contributed by atoms with van der Waals surface area (Å²) in [6.07, 6.45) is 20.1. The molecule has 1 rings (SSSR count). The van der Waals surface area contributed by atoms with Crippen LogP contribution in [0.15, 0.2) is 5.11 Å². The van der Waals surface area contributed by atoms with Crippen molar-refractivity contribution in [2.45, 2.75) is 174 Å². The average Bonchev–Trinajstić information content (AvgIpc) is 3.35. The van der Waals surface area contributed by atoms with Gasteiger partial charge < -0.3 is 29.7 Å². The van der Waals surface area contributed by atoms with Crippen LogP contribution in [0.4, 0.5) is 0 Å². The lowest BCUT2D eigenvalue weighted by atomic mass is 9.79. The minimum Gasteiger partial charge on any atom is -0.390 e. The van der Waals surface area contributed by atoms with Crippen molar-refractivity contribution in [1.82, 2.24) is 5.32 Å². The Bertz CT molecular complexity index is 2450. The Kier molecular flexibility index (Phi) is 38.3. The number of nitrogens with one attached hydrogen (secondary N) is 1. The molecular formula is C59H116N4O6. The fraction of sp³-hybridized carbons (Fsp3) is 0.576. The number of terminal acetylenes is 1. The molecule has 69 heavy (non-hydrogen) atoms. The topological polar surface area (TPSA) is 146 Å². The average molecular weight is 978 g/mol. The van der Waals surface area contributed by atoms with Gasteiger partial charge in [0.15, 0.2) is 6.29 Å². The molecule has 1 fully saturated rings. The van der Waals surface area contributed by atoms with Gasteiger partial charge >= 0.3 is 0 Å². The van der Waals surface area contributed by atoms with Crippen LogP contribution in [0, 0.1) is 160 Å². The number of azide groups is 1. The monoisotopic (exact) mass is 977 g/mol. The summed E-state index contributed by atoms with van der Waals surface area (Å²) >= 11 is 0. The number of hydrogen-bond donors (Lipinski definition) is 3. The minimum atomic E-state index is -1.28. The third-order valence-corrected chi connectivity index (χ3v) is 11.2. The van der Waals surface area contributed by atoms with Gasteiger partial charge in [0.05, 0.1) is 37.9 Å². The van der Waals surface area contributed by atoms with Crippen LogP contribution < -0.4 is 5.32 Å². The van der Waals surface area contributed by atoms with Crippen molar-refractivity contribution in [3.63, 3.8) is 0 Å². The fourth-order valence-corrected chi connectivity index (χ4v) is 6.97. The maximum atomic E-state index is 13.1. The van der Waals surface area contributed by atoms with Crippen molar-refractivity contribution in [3.05, 3.63) is 10.4 Å². The summed E-state index contributed by atoms with van der Waals surface area (Å²) in [7, 11) is 0. The standard InChI is InChI=1S/C59H68N4O6.24H2/c1-6-8-10-12-14-16-18-20-21-22-23-24-25-26-27-28-29-30-32-34-36-38-42-46-57(65)62-54(58(66)55(64)45-41-37-35-33-31-19-17-15-13-11-9-7-2)49-68-59-53(5)51(3)52(4)56(69-59)50-67-48-44-40-39-43-47-61-63-60;;;;;;;;;;;;;;;;;;;;;;;;/h1,51-56,58-59,64,66H,7,9,11,13,15,17,19,31,33,35,37,39-41,43-50H2,2-5H3,(H,62,65);24*1H/t51-,52+,53?,54-,55+,56?,58-,59-;;;;;;;;;;;;;;;;;;;;;;;;/m0......................../s1. The molecule has 10 nitrogen and oxygen atoms in total. The Labute approximate surface area is 450 Å². The summed E-state index contributed by atoms with van der Waals surface area (Å²) in [5.74, 6) is 57.5. The van der Waals surface area contributed by atoms with Gasteiger partial charge in [0.25, 0.3) is 0 Å². The van der Waals surface area contributed by atoms with E-state index in [1.54, 1.807) is 0 Å². The Morgan fingerprint density at radius 1 is 0.667 bits per heavy atom. The minimum absolute atomic E-state index is 0. The highest BCUT2D eigenvalue weighted by Gasteiger charge is 2.40. The summed E-state index contributed by atoms with van der Waals surface area (Å²) < 4.78 is 18.8. The first-order chi connectivity index (χ1) is 33.8. The quantitative estimate of drug-likeness (QED) is 0.0224. The molecule has 0 radical (unpaired) electrons. The summed E-state index contributed by atoms with van der Waals surface area (Å²) in [5.41, 5.74) is 8.44. The first-order valence-electron chi connectivity index (χ1n) is 24.2. The van der Waals surface area contributed by atoms with Gasteiger partial charge in [-0.1, -0.05) is 129 Å². The predicted octanol–water partition coefficient (Wildman–Crippen LogP) is 13.8. The number of unbranched alkanes of at least 4 members (excludes halogenated alkanes) is 14. The van der Waals surface area contributed by atoms with Crippen LogP contribution in [-0.4, -0.2) is 73.1 Å². The van der Waals surface area contributed by atoms with E-state index in [2.05, 4.69) is 179 Å². The third-order valence-electron chi connectivity index (χ3n) is 11.2. The van der Waals surface area contributed by atoms with Crippen molar-refractivity contribution in [1.29, 1.82) is 0 Å². The Morgan fingerprint density at radius 2 is 1.13 bits per heavy atom. The summed E-state index contributed by atoms with van der Waals surface area (Å²) in [6, 6.07) is -0.916. The molecule has 0 aromatic rings. The zero-order chi connectivity index (χ0) is 50.3. The summed E-state index contributed by atoms with van der Waals surface area (Å²) in [5, 5.41) is 28.9. The second-order valence-electron chi connectivity index (χ2n) is 16.4. The number of hydrogen-bond acceptors (Lipinski definition) is 7. The van der Waals surface area contributed by atoms with Crippen molar-refractivity contribution >= 4 is 5.91 Å². The fourth-order valence-electron chi connectivity index (χ4n) is 6.97. The van der Waals surface area contributed by atoms with Crippen LogP contribution in [0.2, 0.25) is 0 Å². The van der Waals surface area contributed by atoms with E-state index in [0.29, 0.717) is 26.2 Å². The molecule has 2 unspecified atom stereocenters. The molecule has 0 spiro atoms. The lowest BCUT2D eigenvalue weighted by molar-refractivity contribution is -0.260. The van der Waals surface area contributed by atoms with Crippen LogP contribution in [0.5, 0.6) is 0 Å². The zero-order valence-electron chi connectivity index (χ0n) is 41.1. The van der Waals surface area contributed by atoms with Gasteiger partial charge in [-0.25, -0.2) is 0 Å². The SMILES string of the molecule is C#CC#CC#CC#CC#CC#CC#CC#CC#CC#CC#CC#CCC(=O)N[C@@H](CO[C@H]1OC(COCCCCCCN=[N+]=[N-])[C@H](C)[C@H](C)C1C)[C@H](O)[C@H](O)CCCCCCCCCCCCCC.[HH].[HH].[HH].[HH].[HH].[HH].[HH].[HH].[HH].[HH].[HH].[HH].[HH].[HH].[HH].[HH].[HH].[HH].[HH].[HH].[HH].[HH].[HH].[HH]. The Balaban J connectivity index is -0.0000000902. The Morgan fingerprint density at radius 3 is 1.64 bits per heavy atom. The summed E-state index contributed by atoms with van der Waals surface area (Å²) in [6.45, 7) is 10.1. The molecule has 408 valence electrons. The molecule has 0 aromatic carbocycles. The largest absolute Gasteiger partial charge is 0.390 e. The maximum absolute atomic E-state index is 13.1. The molecule has 0 saturated carbocycles. The normalized spacial score (nSPS) is 16.9. The number of aliphatic hydroxyl groups is 2. The van der Waals surface area contributed by atoms with E-state index in [0.717, 1.165) is 44.9 Å².